The number of hydrogen-bond acceptors (Lipinski definition) is 3. The molecule has 0 saturated heterocycles. The highest BCUT2D eigenvalue weighted by molar-refractivity contribution is 7.09. The van der Waals surface area contributed by atoms with E-state index in [0.29, 0.717) is 0 Å². The van der Waals surface area contributed by atoms with E-state index in [1.54, 1.807) is 11.3 Å². The minimum Gasteiger partial charge on any atom is -0.265 e. The van der Waals surface area contributed by atoms with Gasteiger partial charge in [0.2, 0.25) is 0 Å². The van der Waals surface area contributed by atoms with Crippen LogP contribution in [0.2, 0.25) is 0 Å². The van der Waals surface area contributed by atoms with Gasteiger partial charge < -0.3 is 0 Å². The van der Waals surface area contributed by atoms with Crippen molar-refractivity contribution in [3.63, 3.8) is 0 Å². The lowest BCUT2D eigenvalue weighted by Gasteiger charge is -2.14. The molecule has 0 N–H and O–H groups in total. The third-order valence-electron chi connectivity index (χ3n) is 2.42. The summed E-state index contributed by atoms with van der Waals surface area (Å²) in [6, 6.07) is 4.08. The Labute approximate surface area is 100 Å². The first-order valence-corrected chi connectivity index (χ1v) is 6.27. The van der Waals surface area contributed by atoms with Crippen molar-refractivity contribution in [1.29, 1.82) is 0 Å². The summed E-state index contributed by atoms with van der Waals surface area (Å²) in [4.78, 5) is 8.69. The van der Waals surface area contributed by atoms with Gasteiger partial charge in [0.1, 0.15) is 0 Å². The molecule has 0 saturated carbocycles. The Morgan fingerprint density at radius 3 is 2.44 bits per heavy atom. The lowest BCUT2D eigenvalue weighted by atomic mass is 9.93. The molecule has 0 aromatic carbocycles. The maximum atomic E-state index is 4.67. The molecule has 0 spiro atoms. The van der Waals surface area contributed by atoms with E-state index >= 15 is 0 Å². The number of nitrogens with zero attached hydrogens (tertiary/aromatic N) is 2. The van der Waals surface area contributed by atoms with Crippen LogP contribution in [0.1, 0.15) is 37.0 Å². The van der Waals surface area contributed by atoms with E-state index in [2.05, 4.69) is 36.1 Å². The molecule has 16 heavy (non-hydrogen) atoms. The molecule has 0 aliphatic heterocycles. The molecule has 2 heterocycles. The van der Waals surface area contributed by atoms with Crippen molar-refractivity contribution in [3.8, 4) is 0 Å². The van der Waals surface area contributed by atoms with Crippen LogP contribution in [-0.4, -0.2) is 9.97 Å². The molecule has 3 heteroatoms. The second-order valence-electron chi connectivity index (χ2n) is 4.91. The van der Waals surface area contributed by atoms with E-state index in [1.165, 1.54) is 16.3 Å². The summed E-state index contributed by atoms with van der Waals surface area (Å²) in [6.45, 7) is 6.58. The van der Waals surface area contributed by atoms with Crippen molar-refractivity contribution in [2.24, 2.45) is 0 Å². The molecule has 84 valence electrons. The van der Waals surface area contributed by atoms with Crippen molar-refractivity contribution >= 4 is 11.3 Å². The van der Waals surface area contributed by atoms with E-state index in [-0.39, 0.29) is 5.41 Å². The van der Waals surface area contributed by atoms with Gasteiger partial charge in [-0.25, -0.2) is 4.98 Å². The molecule has 0 unspecified atom stereocenters. The first kappa shape index (κ1) is 11.3. The third kappa shape index (κ3) is 2.67. The summed E-state index contributed by atoms with van der Waals surface area (Å²) in [7, 11) is 0. The highest BCUT2D eigenvalue weighted by Gasteiger charge is 2.17. The highest BCUT2D eigenvalue weighted by atomic mass is 32.1. The molecule has 0 fully saturated rings. The van der Waals surface area contributed by atoms with Crippen molar-refractivity contribution < 1.29 is 0 Å². The molecule has 2 nitrogen and oxygen atoms in total. The summed E-state index contributed by atoms with van der Waals surface area (Å²) in [5.41, 5.74) is 2.60. The number of rotatable bonds is 2. The van der Waals surface area contributed by atoms with Gasteiger partial charge in [0.15, 0.2) is 0 Å². The Morgan fingerprint density at radius 1 is 1.19 bits per heavy atom. The smallest absolute Gasteiger partial charge is 0.0972 e. The molecule has 2 aromatic rings. The summed E-state index contributed by atoms with van der Waals surface area (Å²) in [6.07, 6.45) is 4.56. The average Bonchev–Trinajstić information content (AvgIpc) is 2.67. The predicted molar refractivity (Wildman–Crippen MR) is 67.9 cm³/mol. The van der Waals surface area contributed by atoms with Crippen molar-refractivity contribution in [3.05, 3.63) is 46.2 Å². The van der Waals surface area contributed by atoms with Gasteiger partial charge in [-0.3, -0.25) is 4.98 Å². The number of thiazole rings is 1. The van der Waals surface area contributed by atoms with Crippen LogP contribution in [0.25, 0.3) is 0 Å². The lowest BCUT2D eigenvalue weighted by molar-refractivity contribution is 0.571. The van der Waals surface area contributed by atoms with E-state index in [4.69, 9.17) is 0 Å². The first-order valence-electron chi connectivity index (χ1n) is 5.39. The summed E-state index contributed by atoms with van der Waals surface area (Å²) < 4.78 is 0. The number of aromatic nitrogens is 2. The minimum atomic E-state index is 0.146. The molecule has 0 amide bonds. The molecule has 0 bridgehead atoms. The largest absolute Gasteiger partial charge is 0.265 e. The van der Waals surface area contributed by atoms with Gasteiger partial charge >= 0.3 is 0 Å². The average molecular weight is 232 g/mol. The van der Waals surface area contributed by atoms with Gasteiger partial charge in [-0.1, -0.05) is 20.8 Å². The van der Waals surface area contributed by atoms with Gasteiger partial charge in [0, 0.05) is 29.6 Å². The SMILES string of the molecule is CC(C)(C)c1csc(Cc2ccncc2)n1. The van der Waals surface area contributed by atoms with E-state index in [9.17, 15) is 0 Å². The van der Waals surface area contributed by atoms with Crippen LogP contribution in [0.15, 0.2) is 29.9 Å². The lowest BCUT2D eigenvalue weighted by Crippen LogP contribution is -2.11. The van der Waals surface area contributed by atoms with Gasteiger partial charge in [0.25, 0.3) is 0 Å². The van der Waals surface area contributed by atoms with Crippen molar-refractivity contribution in [2.45, 2.75) is 32.6 Å². The zero-order valence-electron chi connectivity index (χ0n) is 9.90. The normalized spacial score (nSPS) is 11.7. The fourth-order valence-corrected chi connectivity index (χ4v) is 2.47. The van der Waals surface area contributed by atoms with Crippen LogP contribution >= 0.6 is 11.3 Å². The quantitative estimate of drug-likeness (QED) is 0.792. The molecular formula is C13H16N2S. The summed E-state index contributed by atoms with van der Waals surface area (Å²) in [5.74, 6) is 0. The van der Waals surface area contributed by atoms with E-state index in [1.807, 2.05) is 24.5 Å². The minimum absolute atomic E-state index is 0.146. The third-order valence-corrected chi connectivity index (χ3v) is 3.27. The topological polar surface area (TPSA) is 25.8 Å². The van der Waals surface area contributed by atoms with Crippen LogP contribution in [0.4, 0.5) is 0 Å². The number of pyridine rings is 1. The molecule has 2 aromatic heterocycles. The fourth-order valence-electron chi connectivity index (χ4n) is 1.41. The maximum Gasteiger partial charge on any atom is 0.0972 e. The Morgan fingerprint density at radius 2 is 1.88 bits per heavy atom. The Hall–Kier alpha value is -1.22. The van der Waals surface area contributed by atoms with E-state index in [0.717, 1.165) is 6.42 Å². The predicted octanol–water partition coefficient (Wildman–Crippen LogP) is 3.43. The van der Waals surface area contributed by atoms with Gasteiger partial charge in [0.05, 0.1) is 10.7 Å². The maximum absolute atomic E-state index is 4.67. The zero-order chi connectivity index (χ0) is 11.6. The van der Waals surface area contributed by atoms with Crippen LogP contribution in [0.5, 0.6) is 0 Å². The highest BCUT2D eigenvalue weighted by Crippen LogP contribution is 2.24. The zero-order valence-corrected chi connectivity index (χ0v) is 10.7. The molecule has 0 aliphatic carbocycles. The van der Waals surface area contributed by atoms with Crippen LogP contribution in [0.3, 0.4) is 0 Å². The molecule has 0 radical (unpaired) electrons. The van der Waals surface area contributed by atoms with Crippen molar-refractivity contribution in [1.82, 2.24) is 9.97 Å². The Bertz CT molecular complexity index is 454. The second-order valence-corrected chi connectivity index (χ2v) is 5.85. The molecule has 0 aliphatic rings. The van der Waals surface area contributed by atoms with Crippen LogP contribution in [0, 0.1) is 0 Å². The monoisotopic (exact) mass is 232 g/mol. The van der Waals surface area contributed by atoms with E-state index < -0.39 is 0 Å². The molecule has 2 rings (SSSR count). The molecular weight excluding hydrogens is 216 g/mol. The van der Waals surface area contributed by atoms with Crippen LogP contribution < -0.4 is 0 Å². The molecule has 0 atom stereocenters. The van der Waals surface area contributed by atoms with Gasteiger partial charge in [-0.05, 0) is 17.7 Å². The van der Waals surface area contributed by atoms with Crippen LogP contribution in [-0.2, 0) is 11.8 Å². The van der Waals surface area contributed by atoms with Crippen molar-refractivity contribution in [2.75, 3.05) is 0 Å². The standard InChI is InChI=1S/C13H16N2S/c1-13(2,3)11-9-16-12(15-11)8-10-4-6-14-7-5-10/h4-7,9H,8H2,1-3H3. The summed E-state index contributed by atoms with van der Waals surface area (Å²) >= 11 is 1.74. The first-order chi connectivity index (χ1) is 7.55. The van der Waals surface area contributed by atoms with Gasteiger partial charge in [-0.15, -0.1) is 11.3 Å². The Balaban J connectivity index is 2.15. The Kier molecular flexibility index (Phi) is 3.06. The number of hydrogen-bond donors (Lipinski definition) is 0. The second kappa shape index (κ2) is 4.34. The fraction of sp³-hybridized carbons (Fsp3) is 0.385. The summed E-state index contributed by atoms with van der Waals surface area (Å²) in [5, 5.41) is 3.34. The van der Waals surface area contributed by atoms with Gasteiger partial charge in [-0.2, -0.15) is 0 Å².